The lowest BCUT2D eigenvalue weighted by atomic mass is 10.3. The summed E-state index contributed by atoms with van der Waals surface area (Å²) >= 11 is 0. The van der Waals surface area contributed by atoms with Gasteiger partial charge in [0.25, 0.3) is 0 Å². The molecule has 0 aromatic carbocycles. The van der Waals surface area contributed by atoms with Crippen LogP contribution in [0.4, 0.5) is 11.9 Å². The van der Waals surface area contributed by atoms with E-state index in [1.165, 1.54) is 0 Å². The molecule has 7 nitrogen and oxygen atoms in total. The van der Waals surface area contributed by atoms with Gasteiger partial charge in [-0.15, -0.1) is 0 Å². The van der Waals surface area contributed by atoms with Crippen LogP contribution in [0.5, 0.6) is 0 Å². The van der Waals surface area contributed by atoms with Crippen molar-refractivity contribution in [3.8, 4) is 0 Å². The third-order valence-electron chi connectivity index (χ3n) is 1.68. The second-order valence-corrected chi connectivity index (χ2v) is 3.24. The van der Waals surface area contributed by atoms with Crippen LogP contribution >= 0.6 is 0 Å². The first kappa shape index (κ1) is 11.9. The van der Waals surface area contributed by atoms with Gasteiger partial charge in [-0.3, -0.25) is 0 Å². The lowest BCUT2D eigenvalue weighted by Crippen LogP contribution is -2.14. The SMILES string of the molecule is C=C(C)C(=O)OC(C)c1nc(N)nc(N)n1. The first-order valence-corrected chi connectivity index (χ1v) is 4.53. The van der Waals surface area contributed by atoms with Crippen LogP contribution in [-0.4, -0.2) is 20.9 Å². The number of nitrogens with zero attached hydrogens (tertiary/aromatic N) is 3. The molecule has 0 aliphatic rings. The Labute approximate surface area is 92.5 Å². The van der Waals surface area contributed by atoms with Crippen LogP contribution in [0.15, 0.2) is 12.2 Å². The second kappa shape index (κ2) is 4.56. The number of aromatic nitrogens is 3. The Hall–Kier alpha value is -2.18. The maximum Gasteiger partial charge on any atom is 0.333 e. The van der Waals surface area contributed by atoms with Crippen LogP contribution in [-0.2, 0) is 9.53 Å². The molecule has 0 aliphatic heterocycles. The molecule has 0 aliphatic carbocycles. The zero-order chi connectivity index (χ0) is 12.3. The van der Waals surface area contributed by atoms with Crippen LogP contribution in [0.25, 0.3) is 0 Å². The van der Waals surface area contributed by atoms with Crippen molar-refractivity contribution >= 4 is 17.9 Å². The van der Waals surface area contributed by atoms with E-state index in [0.717, 1.165) is 0 Å². The van der Waals surface area contributed by atoms with E-state index in [9.17, 15) is 4.79 Å². The normalized spacial score (nSPS) is 11.9. The predicted octanol–water partition coefficient (Wildman–Crippen LogP) is 0.216. The highest BCUT2D eigenvalue weighted by Crippen LogP contribution is 2.15. The zero-order valence-electron chi connectivity index (χ0n) is 9.10. The highest BCUT2D eigenvalue weighted by Gasteiger charge is 2.16. The van der Waals surface area contributed by atoms with Gasteiger partial charge in [0.1, 0.15) is 0 Å². The van der Waals surface area contributed by atoms with Crippen LogP contribution in [0.2, 0.25) is 0 Å². The van der Waals surface area contributed by atoms with Crippen LogP contribution in [0.1, 0.15) is 25.8 Å². The van der Waals surface area contributed by atoms with Gasteiger partial charge in [-0.2, -0.15) is 15.0 Å². The molecule has 1 aromatic heterocycles. The van der Waals surface area contributed by atoms with Gasteiger partial charge in [0, 0.05) is 5.57 Å². The summed E-state index contributed by atoms with van der Waals surface area (Å²) in [5.74, 6) is -0.342. The topological polar surface area (TPSA) is 117 Å². The molecule has 1 rings (SSSR count). The quantitative estimate of drug-likeness (QED) is 0.555. The van der Waals surface area contributed by atoms with E-state index in [0.29, 0.717) is 5.57 Å². The monoisotopic (exact) mass is 223 g/mol. The summed E-state index contributed by atoms with van der Waals surface area (Å²) in [4.78, 5) is 22.5. The summed E-state index contributed by atoms with van der Waals surface area (Å²) in [6.45, 7) is 6.61. The third kappa shape index (κ3) is 2.91. The van der Waals surface area contributed by atoms with E-state index in [4.69, 9.17) is 16.2 Å². The van der Waals surface area contributed by atoms with Gasteiger partial charge in [-0.25, -0.2) is 4.79 Å². The molecule has 1 heterocycles. The number of rotatable bonds is 3. The molecule has 0 saturated heterocycles. The summed E-state index contributed by atoms with van der Waals surface area (Å²) in [6.07, 6.45) is -0.656. The fourth-order valence-electron chi connectivity index (χ4n) is 0.923. The van der Waals surface area contributed by atoms with Crippen LogP contribution < -0.4 is 11.5 Å². The van der Waals surface area contributed by atoms with Gasteiger partial charge in [-0.1, -0.05) is 6.58 Å². The number of nitrogens with two attached hydrogens (primary N) is 2. The number of nitrogen functional groups attached to an aromatic ring is 2. The van der Waals surface area contributed by atoms with Gasteiger partial charge in [0.2, 0.25) is 11.9 Å². The fraction of sp³-hybridized carbons (Fsp3) is 0.333. The van der Waals surface area contributed by atoms with Gasteiger partial charge in [0.05, 0.1) is 0 Å². The lowest BCUT2D eigenvalue weighted by molar-refractivity contribution is -0.144. The van der Waals surface area contributed by atoms with E-state index in [-0.39, 0.29) is 17.7 Å². The molecule has 1 atom stereocenters. The first-order valence-electron chi connectivity index (χ1n) is 4.53. The lowest BCUT2D eigenvalue weighted by Gasteiger charge is -2.12. The van der Waals surface area contributed by atoms with E-state index in [1.807, 2.05) is 0 Å². The Bertz CT molecular complexity index is 412. The van der Waals surface area contributed by atoms with Crippen molar-refractivity contribution in [3.63, 3.8) is 0 Å². The average molecular weight is 223 g/mol. The van der Waals surface area contributed by atoms with Crippen molar-refractivity contribution in [2.75, 3.05) is 11.5 Å². The van der Waals surface area contributed by atoms with Crippen molar-refractivity contribution in [1.29, 1.82) is 0 Å². The second-order valence-electron chi connectivity index (χ2n) is 3.24. The maximum atomic E-state index is 11.2. The maximum absolute atomic E-state index is 11.2. The van der Waals surface area contributed by atoms with Gasteiger partial charge < -0.3 is 16.2 Å². The summed E-state index contributed by atoms with van der Waals surface area (Å²) in [5, 5.41) is 0. The van der Waals surface area contributed by atoms with Crippen molar-refractivity contribution in [1.82, 2.24) is 15.0 Å². The minimum absolute atomic E-state index is 0.0132. The number of anilines is 2. The summed E-state index contributed by atoms with van der Waals surface area (Å²) in [6, 6.07) is 0. The molecule has 1 unspecified atom stereocenters. The molecular formula is C9H13N5O2. The number of hydrogen-bond donors (Lipinski definition) is 2. The number of ether oxygens (including phenoxy) is 1. The van der Waals surface area contributed by atoms with Gasteiger partial charge >= 0.3 is 5.97 Å². The molecule has 0 radical (unpaired) electrons. The Morgan fingerprint density at radius 3 is 2.25 bits per heavy atom. The predicted molar refractivity (Wildman–Crippen MR) is 58.0 cm³/mol. The zero-order valence-corrected chi connectivity index (χ0v) is 9.10. The first-order chi connectivity index (χ1) is 7.40. The molecular weight excluding hydrogens is 210 g/mol. The molecule has 16 heavy (non-hydrogen) atoms. The summed E-state index contributed by atoms with van der Waals surface area (Å²) in [7, 11) is 0. The van der Waals surface area contributed by atoms with Gasteiger partial charge in [-0.05, 0) is 13.8 Å². The molecule has 0 amide bonds. The molecule has 1 aromatic rings. The molecule has 0 spiro atoms. The highest BCUT2D eigenvalue weighted by molar-refractivity contribution is 5.87. The Kier molecular flexibility index (Phi) is 3.39. The Morgan fingerprint density at radius 2 is 1.81 bits per heavy atom. The molecule has 0 fully saturated rings. The smallest absolute Gasteiger partial charge is 0.333 e. The standard InChI is InChI=1S/C9H13N5O2/c1-4(2)7(15)16-5(3)6-12-8(10)14-9(11)13-6/h5H,1H2,2-3H3,(H4,10,11,12,13,14). The molecule has 0 saturated carbocycles. The summed E-state index contributed by atoms with van der Waals surface area (Å²) in [5.41, 5.74) is 11.1. The summed E-state index contributed by atoms with van der Waals surface area (Å²) < 4.78 is 5.01. The minimum atomic E-state index is -0.656. The van der Waals surface area contributed by atoms with Crippen LogP contribution in [0, 0.1) is 0 Å². The minimum Gasteiger partial charge on any atom is -0.451 e. The van der Waals surface area contributed by atoms with E-state index in [1.54, 1.807) is 13.8 Å². The Morgan fingerprint density at radius 1 is 1.31 bits per heavy atom. The van der Waals surface area contributed by atoms with Crippen molar-refractivity contribution in [3.05, 3.63) is 18.0 Å². The fourth-order valence-corrected chi connectivity index (χ4v) is 0.923. The Balaban J connectivity index is 2.84. The number of carbonyl (C=O) groups is 1. The molecule has 86 valence electrons. The average Bonchev–Trinajstić information content (AvgIpc) is 2.15. The number of hydrogen-bond acceptors (Lipinski definition) is 7. The van der Waals surface area contributed by atoms with E-state index < -0.39 is 12.1 Å². The number of esters is 1. The largest absolute Gasteiger partial charge is 0.451 e. The van der Waals surface area contributed by atoms with Crippen molar-refractivity contribution in [2.24, 2.45) is 0 Å². The number of carbonyl (C=O) groups excluding carboxylic acids is 1. The van der Waals surface area contributed by atoms with Crippen molar-refractivity contribution < 1.29 is 9.53 Å². The molecule has 0 bridgehead atoms. The van der Waals surface area contributed by atoms with E-state index in [2.05, 4.69) is 21.5 Å². The molecule has 4 N–H and O–H groups in total. The van der Waals surface area contributed by atoms with Gasteiger partial charge in [0.15, 0.2) is 11.9 Å². The van der Waals surface area contributed by atoms with E-state index >= 15 is 0 Å². The van der Waals surface area contributed by atoms with Crippen molar-refractivity contribution in [2.45, 2.75) is 20.0 Å². The van der Waals surface area contributed by atoms with Crippen LogP contribution in [0.3, 0.4) is 0 Å². The molecule has 7 heteroatoms. The third-order valence-corrected chi connectivity index (χ3v) is 1.68. The highest BCUT2D eigenvalue weighted by atomic mass is 16.5.